The molecule has 0 aliphatic rings. The highest BCUT2D eigenvalue weighted by Crippen LogP contribution is 2.22. The van der Waals surface area contributed by atoms with Crippen LogP contribution < -0.4 is 11.1 Å². The minimum atomic E-state index is -3.48. The number of hydrogen-bond donors (Lipinski definition) is 2. The minimum Gasteiger partial charge on any atom is -0.322 e. The second-order valence-corrected chi connectivity index (χ2v) is 7.76. The van der Waals surface area contributed by atoms with Crippen molar-refractivity contribution in [1.82, 2.24) is 0 Å². The fraction of sp³-hybridized carbons (Fsp3) is 0.462. The first-order valence-corrected chi connectivity index (χ1v) is 7.88. The maximum absolute atomic E-state index is 13.6. The lowest BCUT2D eigenvalue weighted by atomic mass is 9.87. The van der Waals surface area contributed by atoms with Crippen molar-refractivity contribution in [3.8, 4) is 0 Å². The van der Waals surface area contributed by atoms with Crippen LogP contribution in [0.2, 0.25) is 0 Å². The van der Waals surface area contributed by atoms with Gasteiger partial charge in [0.1, 0.15) is 5.82 Å². The highest BCUT2D eigenvalue weighted by atomic mass is 32.2. The lowest BCUT2D eigenvalue weighted by Gasteiger charge is -2.25. The Morgan fingerprint density at radius 1 is 1.35 bits per heavy atom. The standard InChI is InChI=1S/C13H19FN2O3S/c1-13(2,3)11(15)12(17)16-10-7-8(20(4,18)19)5-6-9(10)14/h5-7,11H,15H2,1-4H3,(H,16,17). The summed E-state index contributed by atoms with van der Waals surface area (Å²) in [4.78, 5) is 11.8. The molecule has 112 valence electrons. The van der Waals surface area contributed by atoms with E-state index in [9.17, 15) is 17.6 Å². The third-order valence-corrected chi connectivity index (χ3v) is 3.95. The number of carbonyl (C=O) groups excluding carboxylic acids is 1. The molecule has 0 aliphatic heterocycles. The van der Waals surface area contributed by atoms with Gasteiger partial charge in [0.25, 0.3) is 0 Å². The molecule has 0 saturated heterocycles. The molecule has 1 amide bonds. The van der Waals surface area contributed by atoms with Crippen LogP contribution in [0.25, 0.3) is 0 Å². The molecule has 0 bridgehead atoms. The average molecular weight is 302 g/mol. The lowest BCUT2D eigenvalue weighted by Crippen LogP contribution is -2.45. The van der Waals surface area contributed by atoms with E-state index in [4.69, 9.17) is 5.73 Å². The zero-order valence-corrected chi connectivity index (χ0v) is 12.7. The first-order valence-electron chi connectivity index (χ1n) is 5.99. The van der Waals surface area contributed by atoms with Crippen molar-refractivity contribution in [3.63, 3.8) is 0 Å². The normalized spacial score (nSPS) is 13.9. The van der Waals surface area contributed by atoms with Gasteiger partial charge in [0.2, 0.25) is 5.91 Å². The van der Waals surface area contributed by atoms with E-state index in [2.05, 4.69) is 5.32 Å². The highest BCUT2D eigenvalue weighted by Gasteiger charge is 2.28. The van der Waals surface area contributed by atoms with Crippen molar-refractivity contribution in [2.45, 2.75) is 31.7 Å². The fourth-order valence-electron chi connectivity index (χ4n) is 1.43. The third-order valence-electron chi connectivity index (χ3n) is 2.84. The molecule has 0 radical (unpaired) electrons. The minimum absolute atomic E-state index is 0.0708. The van der Waals surface area contributed by atoms with E-state index in [1.165, 1.54) is 0 Å². The first-order chi connectivity index (χ1) is 8.93. The predicted octanol–water partition coefficient (Wildman–Crippen LogP) is 1.54. The van der Waals surface area contributed by atoms with Crippen LogP contribution >= 0.6 is 0 Å². The van der Waals surface area contributed by atoms with Gasteiger partial charge in [0, 0.05) is 6.26 Å². The van der Waals surface area contributed by atoms with Crippen molar-refractivity contribution in [2.75, 3.05) is 11.6 Å². The number of amides is 1. The van der Waals surface area contributed by atoms with E-state index in [0.717, 1.165) is 24.5 Å². The highest BCUT2D eigenvalue weighted by molar-refractivity contribution is 7.90. The van der Waals surface area contributed by atoms with Gasteiger partial charge < -0.3 is 11.1 Å². The lowest BCUT2D eigenvalue weighted by molar-refractivity contribution is -0.119. The summed E-state index contributed by atoms with van der Waals surface area (Å²) in [7, 11) is -3.48. The zero-order valence-electron chi connectivity index (χ0n) is 11.9. The molecule has 5 nitrogen and oxygen atoms in total. The SMILES string of the molecule is CC(C)(C)C(N)C(=O)Nc1cc(S(C)(=O)=O)ccc1F. The van der Waals surface area contributed by atoms with E-state index in [1.54, 1.807) is 20.8 Å². The van der Waals surface area contributed by atoms with Crippen molar-refractivity contribution in [3.05, 3.63) is 24.0 Å². The Hall–Kier alpha value is -1.47. The van der Waals surface area contributed by atoms with E-state index in [-0.39, 0.29) is 10.6 Å². The van der Waals surface area contributed by atoms with Crippen LogP contribution in [-0.2, 0) is 14.6 Å². The maximum atomic E-state index is 13.6. The molecule has 1 unspecified atom stereocenters. The van der Waals surface area contributed by atoms with Gasteiger partial charge >= 0.3 is 0 Å². The van der Waals surface area contributed by atoms with Crippen LogP contribution in [0.1, 0.15) is 20.8 Å². The van der Waals surface area contributed by atoms with Gasteiger partial charge in [-0.3, -0.25) is 4.79 Å². The van der Waals surface area contributed by atoms with Gasteiger partial charge in [-0.25, -0.2) is 12.8 Å². The molecule has 1 atom stereocenters. The molecule has 0 spiro atoms. The summed E-state index contributed by atoms with van der Waals surface area (Å²) in [5.41, 5.74) is 5.08. The molecule has 7 heteroatoms. The van der Waals surface area contributed by atoms with Gasteiger partial charge in [0.15, 0.2) is 9.84 Å². The summed E-state index contributed by atoms with van der Waals surface area (Å²) in [6.07, 6.45) is 1.01. The quantitative estimate of drug-likeness (QED) is 0.829. The number of halogens is 1. The Balaban J connectivity index is 3.07. The van der Waals surface area contributed by atoms with Crippen LogP contribution in [0.15, 0.2) is 23.1 Å². The average Bonchev–Trinajstić information content (AvgIpc) is 2.28. The number of rotatable bonds is 3. The number of hydrogen-bond acceptors (Lipinski definition) is 4. The van der Waals surface area contributed by atoms with Crippen molar-refractivity contribution in [2.24, 2.45) is 11.1 Å². The van der Waals surface area contributed by atoms with E-state index < -0.39 is 33.0 Å². The number of nitrogens with two attached hydrogens (primary N) is 1. The van der Waals surface area contributed by atoms with Gasteiger partial charge in [-0.05, 0) is 23.6 Å². The summed E-state index contributed by atoms with van der Waals surface area (Å²) < 4.78 is 36.5. The van der Waals surface area contributed by atoms with E-state index >= 15 is 0 Å². The summed E-state index contributed by atoms with van der Waals surface area (Å²) >= 11 is 0. The van der Waals surface area contributed by atoms with Crippen LogP contribution in [0.5, 0.6) is 0 Å². The zero-order chi connectivity index (χ0) is 15.7. The second-order valence-electron chi connectivity index (χ2n) is 5.75. The summed E-state index contributed by atoms with van der Waals surface area (Å²) in [5, 5.41) is 2.33. The van der Waals surface area contributed by atoms with Gasteiger partial charge in [-0.15, -0.1) is 0 Å². The summed E-state index contributed by atoms with van der Waals surface area (Å²) in [6.45, 7) is 5.33. The largest absolute Gasteiger partial charge is 0.322 e. The topological polar surface area (TPSA) is 89.3 Å². The van der Waals surface area contributed by atoms with Crippen LogP contribution in [0, 0.1) is 11.2 Å². The van der Waals surface area contributed by atoms with Crippen LogP contribution in [-0.4, -0.2) is 26.6 Å². The van der Waals surface area contributed by atoms with Crippen molar-refractivity contribution in [1.29, 1.82) is 0 Å². The Labute approximate surface area is 118 Å². The summed E-state index contributed by atoms with van der Waals surface area (Å²) in [5.74, 6) is -1.28. The van der Waals surface area contributed by atoms with Crippen LogP contribution in [0.3, 0.4) is 0 Å². The molecule has 20 heavy (non-hydrogen) atoms. The Morgan fingerprint density at radius 3 is 2.35 bits per heavy atom. The van der Waals surface area contributed by atoms with Crippen molar-refractivity contribution < 1.29 is 17.6 Å². The molecule has 1 aromatic rings. The summed E-state index contributed by atoms with van der Waals surface area (Å²) in [6, 6.07) is 2.38. The maximum Gasteiger partial charge on any atom is 0.241 e. The number of benzene rings is 1. The van der Waals surface area contributed by atoms with E-state index in [1.807, 2.05) is 0 Å². The molecule has 0 fully saturated rings. The fourth-order valence-corrected chi connectivity index (χ4v) is 2.08. The van der Waals surface area contributed by atoms with Crippen molar-refractivity contribution >= 4 is 21.4 Å². The van der Waals surface area contributed by atoms with Gasteiger partial charge in [-0.1, -0.05) is 20.8 Å². The molecule has 0 saturated carbocycles. The number of nitrogens with one attached hydrogen (secondary N) is 1. The molecule has 1 rings (SSSR count). The Morgan fingerprint density at radius 2 is 1.90 bits per heavy atom. The number of carbonyl (C=O) groups is 1. The third kappa shape index (κ3) is 4.01. The molecular weight excluding hydrogens is 283 g/mol. The number of anilines is 1. The van der Waals surface area contributed by atoms with Gasteiger partial charge in [-0.2, -0.15) is 0 Å². The second kappa shape index (κ2) is 5.49. The molecule has 0 aromatic heterocycles. The van der Waals surface area contributed by atoms with Gasteiger partial charge in [0.05, 0.1) is 16.6 Å². The smallest absolute Gasteiger partial charge is 0.241 e. The van der Waals surface area contributed by atoms with E-state index in [0.29, 0.717) is 0 Å². The molecule has 0 heterocycles. The molecule has 0 aliphatic carbocycles. The van der Waals surface area contributed by atoms with Crippen LogP contribution in [0.4, 0.5) is 10.1 Å². The molecule has 3 N–H and O–H groups in total. The number of sulfone groups is 1. The molecular formula is C13H19FN2O3S. The predicted molar refractivity (Wildman–Crippen MR) is 75.6 cm³/mol. The Kier molecular flexibility index (Phi) is 4.55. The first kappa shape index (κ1) is 16.6. The Bertz CT molecular complexity index is 621. The monoisotopic (exact) mass is 302 g/mol. The molecule has 1 aromatic carbocycles.